The highest BCUT2D eigenvalue weighted by molar-refractivity contribution is 7.07. The normalized spacial score (nSPS) is 11.1. The van der Waals surface area contributed by atoms with E-state index in [-0.39, 0.29) is 16.9 Å². The summed E-state index contributed by atoms with van der Waals surface area (Å²) in [5.41, 5.74) is 0.285. The minimum Gasteiger partial charge on any atom is -0.385 e. The Morgan fingerprint density at radius 2 is 2.00 bits per heavy atom. The van der Waals surface area contributed by atoms with Crippen LogP contribution >= 0.6 is 11.3 Å². The molecule has 24 heavy (non-hydrogen) atoms. The van der Waals surface area contributed by atoms with Crippen molar-refractivity contribution in [3.05, 3.63) is 55.2 Å². The highest BCUT2D eigenvalue weighted by Crippen LogP contribution is 2.03. The number of nitrogens with zero attached hydrogens (tertiary/aromatic N) is 3. The molecule has 5 nitrogen and oxygen atoms in total. The Bertz CT molecular complexity index is 959. The quantitative estimate of drug-likeness (QED) is 0.762. The standard InChI is InChI=1S/C17H14FN3O2S/c1-23-8-2-7-21-16(22)15(24-17(21)13(10-19)11-20)9-12-3-5-14(18)6-4-12/h3-6,9H,2,7-8H2,1H3/b15-9-. The van der Waals surface area contributed by atoms with Gasteiger partial charge in [0, 0.05) is 20.3 Å². The molecular formula is C17H14FN3O2S. The number of halogens is 1. The molecule has 2 aromatic rings. The zero-order valence-electron chi connectivity index (χ0n) is 13.0. The van der Waals surface area contributed by atoms with Gasteiger partial charge < -0.3 is 4.74 Å². The molecule has 0 bridgehead atoms. The second-order valence-electron chi connectivity index (χ2n) is 4.87. The third-order valence-electron chi connectivity index (χ3n) is 3.24. The molecule has 1 aromatic carbocycles. The first-order chi connectivity index (χ1) is 11.6. The Morgan fingerprint density at radius 3 is 2.58 bits per heavy atom. The summed E-state index contributed by atoms with van der Waals surface area (Å²) < 4.78 is 20.1. The smallest absolute Gasteiger partial charge is 0.269 e. The Kier molecular flexibility index (Phi) is 6.02. The Balaban J connectivity index is 2.64. The molecule has 0 spiro atoms. The van der Waals surface area contributed by atoms with Gasteiger partial charge in [-0.2, -0.15) is 10.5 Å². The average molecular weight is 343 g/mol. The van der Waals surface area contributed by atoms with Crippen molar-refractivity contribution >= 4 is 23.0 Å². The van der Waals surface area contributed by atoms with Crippen LogP contribution in [-0.4, -0.2) is 18.3 Å². The van der Waals surface area contributed by atoms with Crippen LogP contribution in [0.15, 0.2) is 29.1 Å². The van der Waals surface area contributed by atoms with Crippen LogP contribution in [0.1, 0.15) is 12.0 Å². The van der Waals surface area contributed by atoms with Gasteiger partial charge in [0.15, 0.2) is 5.57 Å². The van der Waals surface area contributed by atoms with Crippen molar-refractivity contribution < 1.29 is 9.13 Å². The van der Waals surface area contributed by atoms with Crippen LogP contribution in [0.3, 0.4) is 0 Å². The Hall–Kier alpha value is -2.74. The summed E-state index contributed by atoms with van der Waals surface area (Å²) in [6, 6.07) is 9.37. The van der Waals surface area contributed by atoms with E-state index in [4.69, 9.17) is 15.3 Å². The summed E-state index contributed by atoms with van der Waals surface area (Å²) in [6.07, 6.45) is 2.20. The second-order valence-corrected chi connectivity index (χ2v) is 5.90. The zero-order chi connectivity index (χ0) is 17.5. The van der Waals surface area contributed by atoms with Crippen molar-refractivity contribution in [3.8, 4) is 12.1 Å². The van der Waals surface area contributed by atoms with Crippen molar-refractivity contribution in [3.63, 3.8) is 0 Å². The monoisotopic (exact) mass is 343 g/mol. The summed E-state index contributed by atoms with van der Waals surface area (Å²) in [5.74, 6) is -0.361. The van der Waals surface area contributed by atoms with Gasteiger partial charge in [-0.1, -0.05) is 12.1 Å². The van der Waals surface area contributed by atoms with Gasteiger partial charge in [-0.3, -0.25) is 9.36 Å². The van der Waals surface area contributed by atoms with Crippen LogP contribution in [-0.2, 0) is 11.3 Å². The molecule has 0 atom stereocenters. The molecule has 0 amide bonds. The van der Waals surface area contributed by atoms with Gasteiger partial charge in [-0.05, 0) is 30.2 Å². The summed E-state index contributed by atoms with van der Waals surface area (Å²) in [7, 11) is 1.56. The van der Waals surface area contributed by atoms with Crippen molar-refractivity contribution in [1.29, 1.82) is 10.5 Å². The molecule has 0 N–H and O–H groups in total. The molecule has 0 radical (unpaired) electrons. The fourth-order valence-electron chi connectivity index (χ4n) is 2.11. The van der Waals surface area contributed by atoms with Crippen LogP contribution in [0.4, 0.5) is 4.39 Å². The van der Waals surface area contributed by atoms with E-state index in [1.165, 1.54) is 16.7 Å². The van der Waals surface area contributed by atoms with Gasteiger partial charge in [0.1, 0.15) is 22.6 Å². The van der Waals surface area contributed by atoms with E-state index in [2.05, 4.69) is 0 Å². The van der Waals surface area contributed by atoms with E-state index >= 15 is 0 Å². The number of rotatable bonds is 5. The van der Waals surface area contributed by atoms with E-state index in [0.29, 0.717) is 34.3 Å². The third kappa shape index (κ3) is 3.96. The minimum atomic E-state index is -0.361. The summed E-state index contributed by atoms with van der Waals surface area (Å²) in [4.78, 5) is 12.6. The highest BCUT2D eigenvalue weighted by Gasteiger charge is 2.09. The zero-order valence-corrected chi connectivity index (χ0v) is 13.8. The maximum Gasteiger partial charge on any atom is 0.269 e. The van der Waals surface area contributed by atoms with E-state index in [1.807, 2.05) is 12.1 Å². The molecule has 1 aromatic heterocycles. The maximum absolute atomic E-state index is 13.0. The number of hydrogen-bond acceptors (Lipinski definition) is 5. The molecule has 0 saturated carbocycles. The van der Waals surface area contributed by atoms with Crippen LogP contribution in [0, 0.1) is 28.5 Å². The van der Waals surface area contributed by atoms with Gasteiger partial charge in [0.05, 0.1) is 4.53 Å². The van der Waals surface area contributed by atoms with Crippen LogP contribution in [0.2, 0.25) is 0 Å². The predicted octanol–water partition coefficient (Wildman–Crippen LogP) is 1.11. The number of thiazole rings is 1. The average Bonchev–Trinajstić information content (AvgIpc) is 2.88. The molecule has 1 heterocycles. The lowest BCUT2D eigenvalue weighted by atomic mass is 10.2. The lowest BCUT2D eigenvalue weighted by molar-refractivity contribution is 0.190. The van der Waals surface area contributed by atoms with Gasteiger partial charge in [0.25, 0.3) is 5.56 Å². The second kappa shape index (κ2) is 8.21. The van der Waals surface area contributed by atoms with Gasteiger partial charge in [0.2, 0.25) is 0 Å². The molecule has 0 aliphatic rings. The molecule has 7 heteroatoms. The molecule has 0 aliphatic heterocycles. The number of nitriles is 2. The summed E-state index contributed by atoms with van der Waals surface area (Å²) in [6.45, 7) is 0.815. The van der Waals surface area contributed by atoms with Gasteiger partial charge in [-0.25, -0.2) is 4.39 Å². The number of benzene rings is 1. The molecule has 0 saturated heterocycles. The Labute approximate surface area is 141 Å². The van der Waals surface area contributed by atoms with E-state index in [1.54, 1.807) is 25.3 Å². The van der Waals surface area contributed by atoms with Crippen molar-refractivity contribution in [2.24, 2.45) is 0 Å². The maximum atomic E-state index is 13.0. The van der Waals surface area contributed by atoms with Crippen LogP contribution < -0.4 is 14.8 Å². The first-order valence-corrected chi connectivity index (χ1v) is 7.92. The topological polar surface area (TPSA) is 78.8 Å². The molecule has 0 fully saturated rings. The van der Waals surface area contributed by atoms with Crippen molar-refractivity contribution in [1.82, 2.24) is 4.57 Å². The summed E-state index contributed by atoms with van der Waals surface area (Å²) in [5, 5.41) is 18.2. The minimum absolute atomic E-state index is 0.103. The molecule has 2 rings (SSSR count). The van der Waals surface area contributed by atoms with E-state index in [0.717, 1.165) is 11.3 Å². The molecular weight excluding hydrogens is 329 g/mol. The van der Waals surface area contributed by atoms with Crippen LogP contribution in [0.5, 0.6) is 0 Å². The molecule has 122 valence electrons. The SMILES string of the molecule is COCCCn1c(=C(C#N)C#N)s/c(=C\c2ccc(F)cc2)c1=O. The number of methoxy groups -OCH3 is 1. The summed E-state index contributed by atoms with van der Waals surface area (Å²) >= 11 is 1.08. The first-order valence-electron chi connectivity index (χ1n) is 7.11. The predicted molar refractivity (Wildman–Crippen MR) is 88.9 cm³/mol. The lowest BCUT2D eigenvalue weighted by Gasteiger charge is -2.01. The fraction of sp³-hybridized carbons (Fsp3) is 0.235. The molecule has 0 aliphatic carbocycles. The molecule has 0 unspecified atom stereocenters. The lowest BCUT2D eigenvalue weighted by Crippen LogP contribution is -2.32. The van der Waals surface area contributed by atoms with Gasteiger partial charge in [-0.15, -0.1) is 11.3 Å². The Morgan fingerprint density at radius 1 is 1.33 bits per heavy atom. The van der Waals surface area contributed by atoms with Crippen molar-refractivity contribution in [2.75, 3.05) is 13.7 Å². The van der Waals surface area contributed by atoms with E-state index < -0.39 is 0 Å². The van der Waals surface area contributed by atoms with E-state index in [9.17, 15) is 9.18 Å². The first kappa shape index (κ1) is 17.6. The third-order valence-corrected chi connectivity index (χ3v) is 4.37. The van der Waals surface area contributed by atoms with Gasteiger partial charge >= 0.3 is 0 Å². The number of hydrogen-bond donors (Lipinski definition) is 0. The van der Waals surface area contributed by atoms with Crippen molar-refractivity contribution in [2.45, 2.75) is 13.0 Å². The number of aromatic nitrogens is 1. The number of ether oxygens (including phenoxy) is 1. The fourth-order valence-corrected chi connectivity index (χ4v) is 3.19. The highest BCUT2D eigenvalue weighted by atomic mass is 32.1. The van der Waals surface area contributed by atoms with Crippen LogP contribution in [0.25, 0.3) is 11.6 Å². The largest absolute Gasteiger partial charge is 0.385 e.